The summed E-state index contributed by atoms with van der Waals surface area (Å²) in [6.45, 7) is 8.72. The summed E-state index contributed by atoms with van der Waals surface area (Å²) in [5.41, 5.74) is 7.03. The van der Waals surface area contributed by atoms with Gasteiger partial charge in [0.05, 0.1) is 18.1 Å². The molecule has 0 aromatic heterocycles. The molecular formula is C16H27ClN2O2. The summed E-state index contributed by atoms with van der Waals surface area (Å²) >= 11 is 0. The number of carbonyl (C=O) groups excluding carboxylic acids is 1. The molecule has 0 bridgehead atoms. The minimum atomic E-state index is -0.673. The summed E-state index contributed by atoms with van der Waals surface area (Å²) in [7, 11) is 0. The van der Waals surface area contributed by atoms with Crippen molar-refractivity contribution in [2.45, 2.75) is 33.8 Å². The van der Waals surface area contributed by atoms with Crippen molar-refractivity contribution in [3.8, 4) is 0 Å². The van der Waals surface area contributed by atoms with Gasteiger partial charge in [0.2, 0.25) is 5.91 Å². The summed E-state index contributed by atoms with van der Waals surface area (Å²) < 4.78 is 0. The fourth-order valence-corrected chi connectivity index (χ4v) is 1.97. The average molecular weight is 315 g/mol. The topological polar surface area (TPSA) is 66.6 Å². The summed E-state index contributed by atoms with van der Waals surface area (Å²) in [5, 5.41) is 10.3. The van der Waals surface area contributed by atoms with Crippen molar-refractivity contribution < 1.29 is 9.90 Å². The highest BCUT2D eigenvalue weighted by atomic mass is 35.5. The van der Waals surface area contributed by atoms with Crippen LogP contribution in [-0.2, 0) is 4.79 Å². The van der Waals surface area contributed by atoms with Gasteiger partial charge in [-0.3, -0.25) is 4.79 Å². The first-order chi connectivity index (χ1) is 9.31. The van der Waals surface area contributed by atoms with E-state index in [0.29, 0.717) is 19.6 Å². The monoisotopic (exact) mass is 314 g/mol. The predicted molar refractivity (Wildman–Crippen MR) is 88.5 cm³/mol. The summed E-state index contributed by atoms with van der Waals surface area (Å²) in [6, 6.07) is 7.71. The Hall–Kier alpha value is -1.10. The number of aryl methyl sites for hydroxylation is 1. The standard InChI is InChI=1S/C16H26N2O2.ClH/c1-5-18(15(20)16(3,4)11-17)10-14(19)13-8-6-12(2)7-9-13;/h6-9,14,19H,5,10-11,17H2,1-4H3;1H. The number of rotatable bonds is 6. The lowest BCUT2D eigenvalue weighted by Crippen LogP contribution is -2.46. The number of nitrogens with zero attached hydrogens (tertiary/aromatic N) is 1. The number of likely N-dealkylation sites (N-methyl/N-ethyl adjacent to an activating group) is 1. The molecule has 0 saturated heterocycles. The van der Waals surface area contributed by atoms with E-state index in [0.717, 1.165) is 11.1 Å². The van der Waals surface area contributed by atoms with Crippen molar-refractivity contribution in [1.29, 1.82) is 0 Å². The molecule has 4 nitrogen and oxygen atoms in total. The Bertz CT molecular complexity index is 446. The molecule has 0 fully saturated rings. The molecule has 3 N–H and O–H groups in total. The third-order valence-electron chi connectivity index (χ3n) is 3.61. The van der Waals surface area contributed by atoms with Crippen LogP contribution < -0.4 is 5.73 Å². The van der Waals surface area contributed by atoms with E-state index in [-0.39, 0.29) is 18.3 Å². The van der Waals surface area contributed by atoms with Crippen LogP contribution in [0.25, 0.3) is 0 Å². The van der Waals surface area contributed by atoms with Crippen molar-refractivity contribution in [1.82, 2.24) is 4.90 Å². The van der Waals surface area contributed by atoms with Crippen molar-refractivity contribution in [2.24, 2.45) is 11.1 Å². The van der Waals surface area contributed by atoms with E-state index in [9.17, 15) is 9.90 Å². The Morgan fingerprint density at radius 1 is 1.33 bits per heavy atom. The smallest absolute Gasteiger partial charge is 0.229 e. The molecule has 1 aromatic rings. The van der Waals surface area contributed by atoms with Gasteiger partial charge in [0.1, 0.15) is 0 Å². The minimum absolute atomic E-state index is 0. The van der Waals surface area contributed by atoms with Gasteiger partial charge in [0.15, 0.2) is 0 Å². The molecule has 1 atom stereocenters. The fourth-order valence-electron chi connectivity index (χ4n) is 1.97. The van der Waals surface area contributed by atoms with Crippen LogP contribution >= 0.6 is 12.4 Å². The van der Waals surface area contributed by atoms with Crippen LogP contribution in [0.4, 0.5) is 0 Å². The Morgan fingerprint density at radius 3 is 2.29 bits per heavy atom. The lowest BCUT2D eigenvalue weighted by atomic mass is 9.91. The molecule has 120 valence electrons. The summed E-state index contributed by atoms with van der Waals surface area (Å²) in [4.78, 5) is 14.0. The van der Waals surface area contributed by atoms with E-state index in [1.807, 2.05) is 52.0 Å². The number of carbonyl (C=O) groups is 1. The second-order valence-corrected chi connectivity index (χ2v) is 5.86. The molecule has 1 rings (SSSR count). The van der Waals surface area contributed by atoms with Crippen LogP contribution in [-0.4, -0.2) is 35.5 Å². The number of amides is 1. The maximum atomic E-state index is 12.4. The third-order valence-corrected chi connectivity index (χ3v) is 3.61. The fraction of sp³-hybridized carbons (Fsp3) is 0.562. The second-order valence-electron chi connectivity index (χ2n) is 5.86. The van der Waals surface area contributed by atoms with Crippen LogP contribution in [0.5, 0.6) is 0 Å². The Balaban J connectivity index is 0.00000400. The van der Waals surface area contributed by atoms with Gasteiger partial charge in [-0.2, -0.15) is 0 Å². The molecule has 0 aliphatic heterocycles. The quantitative estimate of drug-likeness (QED) is 0.846. The molecule has 0 spiro atoms. The second kappa shape index (κ2) is 8.37. The van der Waals surface area contributed by atoms with Crippen molar-refractivity contribution in [3.05, 3.63) is 35.4 Å². The number of benzene rings is 1. The van der Waals surface area contributed by atoms with Crippen LogP contribution in [0.1, 0.15) is 38.0 Å². The Morgan fingerprint density at radius 2 is 1.86 bits per heavy atom. The number of aliphatic hydroxyl groups is 1. The van der Waals surface area contributed by atoms with Gasteiger partial charge >= 0.3 is 0 Å². The SMILES string of the molecule is CCN(CC(O)c1ccc(C)cc1)C(=O)C(C)(C)CN.Cl. The molecule has 21 heavy (non-hydrogen) atoms. The van der Waals surface area contributed by atoms with E-state index < -0.39 is 11.5 Å². The van der Waals surface area contributed by atoms with Crippen molar-refractivity contribution in [3.63, 3.8) is 0 Å². The first kappa shape index (κ1) is 19.9. The normalized spacial score (nSPS) is 12.5. The molecule has 5 heteroatoms. The van der Waals surface area contributed by atoms with Gasteiger partial charge in [-0.05, 0) is 33.3 Å². The van der Waals surface area contributed by atoms with Crippen molar-refractivity contribution in [2.75, 3.05) is 19.6 Å². The number of hydrogen-bond donors (Lipinski definition) is 2. The van der Waals surface area contributed by atoms with Gasteiger partial charge in [0.25, 0.3) is 0 Å². The highest BCUT2D eigenvalue weighted by Gasteiger charge is 2.31. The zero-order valence-corrected chi connectivity index (χ0v) is 14.1. The highest BCUT2D eigenvalue weighted by Crippen LogP contribution is 2.20. The van der Waals surface area contributed by atoms with E-state index in [4.69, 9.17) is 5.73 Å². The minimum Gasteiger partial charge on any atom is -0.387 e. The van der Waals surface area contributed by atoms with Gasteiger partial charge in [-0.25, -0.2) is 0 Å². The third kappa shape index (κ3) is 5.30. The predicted octanol–water partition coefficient (Wildman–Crippen LogP) is 2.28. The zero-order valence-electron chi connectivity index (χ0n) is 13.3. The maximum absolute atomic E-state index is 12.4. The Labute approximate surface area is 133 Å². The zero-order chi connectivity index (χ0) is 15.3. The lowest BCUT2D eigenvalue weighted by Gasteiger charge is -2.31. The molecule has 0 aliphatic rings. The summed E-state index contributed by atoms with van der Waals surface area (Å²) in [6.07, 6.45) is -0.673. The van der Waals surface area contributed by atoms with Gasteiger partial charge in [0, 0.05) is 13.1 Å². The van der Waals surface area contributed by atoms with Crippen LogP contribution in [0.3, 0.4) is 0 Å². The Kier molecular flexibility index (Phi) is 7.93. The van der Waals surface area contributed by atoms with Gasteiger partial charge in [-0.15, -0.1) is 12.4 Å². The number of aliphatic hydroxyl groups excluding tert-OH is 1. The number of nitrogens with two attached hydrogens (primary N) is 1. The molecule has 1 unspecified atom stereocenters. The summed E-state index contributed by atoms with van der Waals surface area (Å²) in [5.74, 6) is -0.0198. The molecule has 0 heterocycles. The number of halogens is 1. The van der Waals surface area contributed by atoms with E-state index in [1.165, 1.54) is 0 Å². The molecule has 0 aliphatic carbocycles. The molecular weight excluding hydrogens is 288 g/mol. The molecule has 1 aromatic carbocycles. The highest BCUT2D eigenvalue weighted by molar-refractivity contribution is 5.85. The lowest BCUT2D eigenvalue weighted by molar-refractivity contribution is -0.141. The number of hydrogen-bond acceptors (Lipinski definition) is 3. The largest absolute Gasteiger partial charge is 0.387 e. The first-order valence-electron chi connectivity index (χ1n) is 7.06. The average Bonchev–Trinajstić information content (AvgIpc) is 2.44. The van der Waals surface area contributed by atoms with Crippen LogP contribution in [0.2, 0.25) is 0 Å². The van der Waals surface area contributed by atoms with Crippen molar-refractivity contribution >= 4 is 18.3 Å². The van der Waals surface area contributed by atoms with Crippen LogP contribution in [0, 0.1) is 12.3 Å². The van der Waals surface area contributed by atoms with E-state index >= 15 is 0 Å². The maximum Gasteiger partial charge on any atom is 0.229 e. The first-order valence-corrected chi connectivity index (χ1v) is 7.06. The molecule has 0 saturated carbocycles. The molecule has 0 radical (unpaired) electrons. The van der Waals surface area contributed by atoms with Crippen LogP contribution in [0.15, 0.2) is 24.3 Å². The van der Waals surface area contributed by atoms with Gasteiger partial charge in [-0.1, -0.05) is 29.8 Å². The van der Waals surface area contributed by atoms with Gasteiger partial charge < -0.3 is 15.7 Å². The van der Waals surface area contributed by atoms with E-state index in [2.05, 4.69) is 0 Å². The molecule has 1 amide bonds. The van der Waals surface area contributed by atoms with E-state index in [1.54, 1.807) is 4.90 Å².